The number of rotatable bonds is 3. The first-order valence-electron chi connectivity index (χ1n) is 4.51. The van der Waals surface area contributed by atoms with Crippen LogP contribution >= 0.6 is 15.9 Å². The van der Waals surface area contributed by atoms with Crippen molar-refractivity contribution in [3.8, 4) is 0 Å². The number of halogens is 6. The highest BCUT2D eigenvalue weighted by molar-refractivity contribution is 9.10. The molecule has 1 aromatic carbocycles. The van der Waals surface area contributed by atoms with Crippen molar-refractivity contribution in [3.63, 3.8) is 0 Å². The molecule has 0 aliphatic rings. The summed E-state index contributed by atoms with van der Waals surface area (Å²) in [4.78, 5) is 10.7. The lowest BCUT2D eigenvalue weighted by atomic mass is 10.2. The molecule has 0 amide bonds. The van der Waals surface area contributed by atoms with Crippen LogP contribution < -0.4 is 0 Å². The number of esters is 1. The summed E-state index contributed by atoms with van der Waals surface area (Å²) >= 11 is 3.04. The van der Waals surface area contributed by atoms with E-state index in [1.807, 2.05) is 0 Å². The van der Waals surface area contributed by atoms with E-state index in [9.17, 15) is 26.7 Å². The summed E-state index contributed by atoms with van der Waals surface area (Å²) in [5, 5.41) is 0. The molecule has 0 spiro atoms. The second-order valence-electron chi connectivity index (χ2n) is 3.24. The van der Waals surface area contributed by atoms with Crippen LogP contribution in [0.3, 0.4) is 0 Å². The summed E-state index contributed by atoms with van der Waals surface area (Å²) in [5.41, 5.74) is 0.281. The zero-order valence-electron chi connectivity index (χ0n) is 8.60. The van der Waals surface area contributed by atoms with Gasteiger partial charge in [-0.1, -0.05) is 34.1 Å². The second kappa shape index (κ2) is 5.21. The van der Waals surface area contributed by atoms with Crippen molar-refractivity contribution in [2.24, 2.45) is 0 Å². The average molecular weight is 333 g/mol. The van der Waals surface area contributed by atoms with E-state index in [4.69, 9.17) is 0 Å². The molecule has 0 saturated carbocycles. The second-order valence-corrected chi connectivity index (χ2v) is 4.09. The highest BCUT2D eigenvalue weighted by atomic mass is 79.9. The van der Waals surface area contributed by atoms with Gasteiger partial charge in [0.15, 0.2) is 0 Å². The van der Waals surface area contributed by atoms with E-state index in [0.29, 0.717) is 4.47 Å². The van der Waals surface area contributed by atoms with Gasteiger partial charge in [0, 0.05) is 10.0 Å². The molecule has 1 aromatic rings. The van der Waals surface area contributed by atoms with Gasteiger partial charge >= 0.3 is 18.1 Å². The zero-order chi connectivity index (χ0) is 14.0. The lowest BCUT2D eigenvalue weighted by Crippen LogP contribution is -2.45. The summed E-state index contributed by atoms with van der Waals surface area (Å²) in [6.45, 7) is -0.675. The maximum absolute atomic E-state index is 12.5. The van der Waals surface area contributed by atoms with Crippen molar-refractivity contribution >= 4 is 21.9 Å². The third-order valence-corrected chi connectivity index (χ3v) is 2.70. The van der Waals surface area contributed by atoms with Crippen LogP contribution in [-0.4, -0.2) is 18.1 Å². The number of hydrogen-bond donors (Lipinski definition) is 0. The monoisotopic (exact) mass is 332 g/mol. The van der Waals surface area contributed by atoms with Gasteiger partial charge in [-0.15, -0.1) is 0 Å². The number of alkyl halides is 5. The average Bonchev–Trinajstić information content (AvgIpc) is 2.26. The Balaban J connectivity index is 2.71. The molecule has 0 N–H and O–H groups in total. The van der Waals surface area contributed by atoms with Crippen molar-refractivity contribution in [3.05, 3.63) is 34.3 Å². The third kappa shape index (κ3) is 3.18. The number of benzene rings is 1. The first-order valence-corrected chi connectivity index (χ1v) is 5.30. The Morgan fingerprint density at radius 3 is 2.22 bits per heavy atom. The predicted octanol–water partition coefficient (Wildman–Crippen LogP) is 3.69. The lowest BCUT2D eigenvalue weighted by molar-refractivity contribution is -0.281. The van der Waals surface area contributed by atoms with Gasteiger partial charge in [0.2, 0.25) is 0 Å². The van der Waals surface area contributed by atoms with Gasteiger partial charge in [0.05, 0.1) is 0 Å². The van der Waals surface area contributed by atoms with Crippen molar-refractivity contribution in [2.45, 2.75) is 18.7 Å². The minimum absolute atomic E-state index is 0.281. The van der Waals surface area contributed by atoms with Gasteiger partial charge < -0.3 is 4.74 Å². The van der Waals surface area contributed by atoms with Gasteiger partial charge in [-0.3, -0.25) is 0 Å². The Hall–Kier alpha value is -1.18. The number of carbonyl (C=O) groups excluding carboxylic acids is 1. The fraction of sp³-hybridized carbons (Fsp3) is 0.300. The third-order valence-electron chi connectivity index (χ3n) is 1.93. The Morgan fingerprint density at radius 1 is 1.17 bits per heavy atom. The molecule has 2 nitrogen and oxygen atoms in total. The normalized spacial score (nSPS) is 12.3. The van der Waals surface area contributed by atoms with E-state index in [1.165, 1.54) is 18.2 Å². The van der Waals surface area contributed by atoms with Crippen molar-refractivity contribution < 1.29 is 31.5 Å². The molecule has 0 unspecified atom stereocenters. The largest absolute Gasteiger partial charge is 0.465 e. The van der Waals surface area contributed by atoms with Gasteiger partial charge in [-0.05, 0) is 6.07 Å². The summed E-state index contributed by atoms with van der Waals surface area (Å²) < 4.78 is 64.9. The van der Waals surface area contributed by atoms with Gasteiger partial charge in [-0.2, -0.15) is 22.0 Å². The molecule has 1 rings (SSSR count). The Morgan fingerprint density at radius 2 is 1.72 bits per heavy atom. The maximum Gasteiger partial charge on any atom is 0.465 e. The highest BCUT2D eigenvalue weighted by Crippen LogP contribution is 2.36. The molecule has 0 bridgehead atoms. The van der Waals surface area contributed by atoms with Crippen LogP contribution in [0.1, 0.15) is 5.56 Å². The number of ether oxygens (including phenoxy) is 1. The minimum atomic E-state index is -5.96. The fourth-order valence-electron chi connectivity index (χ4n) is 0.965. The Labute approximate surface area is 107 Å². The van der Waals surface area contributed by atoms with Crippen LogP contribution in [0.5, 0.6) is 0 Å². The van der Waals surface area contributed by atoms with Crippen LogP contribution in [0, 0.1) is 0 Å². The molecule has 0 aliphatic carbocycles. The molecule has 100 valence electrons. The van der Waals surface area contributed by atoms with Crippen LogP contribution in [0.4, 0.5) is 22.0 Å². The standard InChI is InChI=1S/C10H6BrF5O2/c11-7-4-2-1-3-6(7)5-18-8(17)9(12,13)10(14,15)16/h1-4H,5H2. The first kappa shape index (κ1) is 14.9. The smallest absolute Gasteiger partial charge is 0.456 e. The molecule has 0 radical (unpaired) electrons. The minimum Gasteiger partial charge on any atom is -0.456 e. The maximum atomic E-state index is 12.5. The Bertz CT molecular complexity index is 444. The van der Waals surface area contributed by atoms with Crippen LogP contribution in [0.2, 0.25) is 0 Å². The summed E-state index contributed by atoms with van der Waals surface area (Å²) in [7, 11) is 0. The van der Waals surface area contributed by atoms with E-state index >= 15 is 0 Å². The molecule has 0 aliphatic heterocycles. The zero-order valence-corrected chi connectivity index (χ0v) is 10.2. The van der Waals surface area contributed by atoms with Crippen molar-refractivity contribution in [1.29, 1.82) is 0 Å². The topological polar surface area (TPSA) is 26.3 Å². The number of carbonyl (C=O) groups is 1. The summed E-state index contributed by atoms with van der Waals surface area (Å²) in [5.74, 6) is -8.13. The fourth-order valence-corrected chi connectivity index (χ4v) is 1.36. The molecule has 0 atom stereocenters. The van der Waals surface area contributed by atoms with E-state index in [1.54, 1.807) is 6.07 Å². The molecule has 18 heavy (non-hydrogen) atoms. The van der Waals surface area contributed by atoms with Crippen LogP contribution in [-0.2, 0) is 16.1 Å². The highest BCUT2D eigenvalue weighted by Gasteiger charge is 2.64. The predicted molar refractivity (Wildman–Crippen MR) is 54.9 cm³/mol. The van der Waals surface area contributed by atoms with Crippen LogP contribution in [0.15, 0.2) is 28.7 Å². The summed E-state index contributed by atoms with van der Waals surface area (Å²) in [6.07, 6.45) is -5.96. The first-order chi connectivity index (χ1) is 8.16. The van der Waals surface area contributed by atoms with Gasteiger partial charge in [0.1, 0.15) is 6.61 Å². The molecule has 0 aromatic heterocycles. The van der Waals surface area contributed by atoms with E-state index in [-0.39, 0.29) is 5.56 Å². The van der Waals surface area contributed by atoms with Gasteiger partial charge in [-0.25, -0.2) is 4.79 Å². The molecule has 0 heterocycles. The van der Waals surface area contributed by atoms with E-state index in [2.05, 4.69) is 20.7 Å². The van der Waals surface area contributed by atoms with E-state index in [0.717, 1.165) is 0 Å². The lowest BCUT2D eigenvalue weighted by Gasteiger charge is -2.17. The quantitative estimate of drug-likeness (QED) is 0.623. The molecular formula is C10H6BrF5O2. The van der Waals surface area contributed by atoms with Crippen molar-refractivity contribution in [1.82, 2.24) is 0 Å². The van der Waals surface area contributed by atoms with Crippen LogP contribution in [0.25, 0.3) is 0 Å². The molecular weight excluding hydrogens is 327 g/mol. The molecule has 8 heteroatoms. The Kier molecular flexibility index (Phi) is 4.31. The SMILES string of the molecule is O=C(OCc1ccccc1Br)C(F)(F)C(F)(F)F. The molecule has 0 fully saturated rings. The number of hydrogen-bond acceptors (Lipinski definition) is 2. The summed E-state index contributed by atoms with van der Waals surface area (Å²) in [6, 6.07) is 6.09. The van der Waals surface area contributed by atoms with Gasteiger partial charge in [0.25, 0.3) is 0 Å². The van der Waals surface area contributed by atoms with E-state index < -0.39 is 24.7 Å². The van der Waals surface area contributed by atoms with Crippen molar-refractivity contribution in [2.75, 3.05) is 0 Å². The molecule has 0 saturated heterocycles.